The Kier molecular flexibility index (Phi) is 5.31. The maximum absolute atomic E-state index is 14.0. The Morgan fingerprint density at radius 1 is 1.42 bits per heavy atom. The van der Waals surface area contributed by atoms with Crippen LogP contribution >= 0.6 is 11.6 Å². The molecule has 0 radical (unpaired) electrons. The molecule has 0 aromatic heterocycles. The first-order valence-electron chi connectivity index (χ1n) is 7.23. The molecule has 1 fully saturated rings. The quantitative estimate of drug-likeness (QED) is 0.437. The number of hydrogen-bond donors (Lipinski definition) is 3. The number of benzene rings is 1. The number of halogens is 4. The van der Waals surface area contributed by atoms with Gasteiger partial charge in [-0.15, -0.1) is 0 Å². The molecule has 1 aromatic rings. The summed E-state index contributed by atoms with van der Waals surface area (Å²) in [4.78, 5) is 11.6. The Labute approximate surface area is 142 Å². The molecule has 1 aromatic carbocycles. The van der Waals surface area contributed by atoms with Crippen molar-refractivity contribution in [1.82, 2.24) is 5.48 Å². The Morgan fingerprint density at radius 3 is 2.58 bits per heavy atom. The fourth-order valence-electron chi connectivity index (χ4n) is 2.35. The van der Waals surface area contributed by atoms with E-state index in [1.165, 1.54) is 24.7 Å². The standard InChI is InChI=1S/C16H16ClF3N2O2/c1-21-13-5-4-11(17)8-12(13)15(16(18,19)20,9-14(23)22-24)7-6-10-2-3-10/h4-5,8,10,21,24H,2-3,9H2,1H3,(H,22,23). The molecular weight excluding hydrogens is 345 g/mol. The molecule has 130 valence electrons. The average Bonchev–Trinajstić information content (AvgIpc) is 3.34. The number of rotatable bonds is 4. The van der Waals surface area contributed by atoms with E-state index in [9.17, 15) is 18.0 Å². The highest BCUT2D eigenvalue weighted by molar-refractivity contribution is 6.30. The second kappa shape index (κ2) is 6.91. The number of alkyl halides is 3. The molecule has 1 saturated carbocycles. The highest BCUT2D eigenvalue weighted by Crippen LogP contribution is 2.47. The first-order valence-corrected chi connectivity index (χ1v) is 7.61. The van der Waals surface area contributed by atoms with Gasteiger partial charge in [-0.3, -0.25) is 10.0 Å². The summed E-state index contributed by atoms with van der Waals surface area (Å²) in [5.41, 5.74) is -1.60. The van der Waals surface area contributed by atoms with Crippen molar-refractivity contribution in [1.29, 1.82) is 0 Å². The minimum Gasteiger partial charge on any atom is -0.388 e. The molecule has 0 bridgehead atoms. The van der Waals surface area contributed by atoms with Crippen molar-refractivity contribution in [2.24, 2.45) is 5.92 Å². The van der Waals surface area contributed by atoms with Gasteiger partial charge in [0.2, 0.25) is 5.91 Å². The minimum atomic E-state index is -4.85. The molecule has 2 rings (SSSR count). The summed E-state index contributed by atoms with van der Waals surface area (Å²) >= 11 is 5.88. The molecular formula is C16H16ClF3N2O2. The predicted molar refractivity (Wildman–Crippen MR) is 83.8 cm³/mol. The zero-order valence-electron chi connectivity index (χ0n) is 12.8. The van der Waals surface area contributed by atoms with Crippen LogP contribution in [0.15, 0.2) is 18.2 Å². The van der Waals surface area contributed by atoms with Crippen LogP contribution in [-0.2, 0) is 10.2 Å². The Bertz CT molecular complexity index is 693. The topological polar surface area (TPSA) is 61.4 Å². The van der Waals surface area contributed by atoms with Crippen LogP contribution in [0.3, 0.4) is 0 Å². The third-order valence-electron chi connectivity index (χ3n) is 3.81. The predicted octanol–water partition coefficient (Wildman–Crippen LogP) is 3.49. The molecule has 1 atom stereocenters. The molecule has 0 spiro atoms. The van der Waals surface area contributed by atoms with Crippen LogP contribution in [0.1, 0.15) is 24.8 Å². The minimum absolute atomic E-state index is 0.0928. The van der Waals surface area contributed by atoms with E-state index in [1.807, 2.05) is 0 Å². The van der Waals surface area contributed by atoms with E-state index in [4.69, 9.17) is 16.8 Å². The number of anilines is 1. The highest BCUT2D eigenvalue weighted by Gasteiger charge is 2.57. The first kappa shape index (κ1) is 18.4. The largest absolute Gasteiger partial charge is 0.409 e. The number of carbonyl (C=O) groups is 1. The third kappa shape index (κ3) is 3.77. The summed E-state index contributed by atoms with van der Waals surface area (Å²) in [6, 6.07) is 3.99. The Hall–Kier alpha value is -1.91. The molecule has 1 unspecified atom stereocenters. The second-order valence-electron chi connectivity index (χ2n) is 5.60. The van der Waals surface area contributed by atoms with Gasteiger partial charge in [0.1, 0.15) is 0 Å². The van der Waals surface area contributed by atoms with Crippen LogP contribution in [-0.4, -0.2) is 24.3 Å². The number of hydroxylamine groups is 1. The summed E-state index contributed by atoms with van der Waals surface area (Å²) in [6.07, 6.45) is -4.44. The van der Waals surface area contributed by atoms with E-state index >= 15 is 0 Å². The molecule has 24 heavy (non-hydrogen) atoms. The maximum atomic E-state index is 14.0. The van der Waals surface area contributed by atoms with Gasteiger partial charge in [-0.1, -0.05) is 23.4 Å². The number of hydrogen-bond acceptors (Lipinski definition) is 3. The SMILES string of the molecule is CNc1ccc(Cl)cc1C(C#CC1CC1)(CC(=O)NO)C(F)(F)F. The molecule has 3 N–H and O–H groups in total. The van der Waals surface area contributed by atoms with Gasteiger partial charge in [-0.2, -0.15) is 13.2 Å². The smallest absolute Gasteiger partial charge is 0.388 e. The van der Waals surface area contributed by atoms with Crippen LogP contribution in [0.4, 0.5) is 18.9 Å². The molecule has 1 amide bonds. The number of nitrogens with one attached hydrogen (secondary N) is 2. The third-order valence-corrected chi connectivity index (χ3v) is 4.05. The van der Waals surface area contributed by atoms with Gasteiger partial charge in [-0.05, 0) is 31.0 Å². The van der Waals surface area contributed by atoms with Crippen molar-refractivity contribution in [3.05, 3.63) is 28.8 Å². The fraction of sp³-hybridized carbons (Fsp3) is 0.438. The summed E-state index contributed by atoms with van der Waals surface area (Å²) < 4.78 is 42.1. The lowest BCUT2D eigenvalue weighted by atomic mass is 9.76. The van der Waals surface area contributed by atoms with E-state index in [0.29, 0.717) is 0 Å². The van der Waals surface area contributed by atoms with Crippen LogP contribution < -0.4 is 10.8 Å². The van der Waals surface area contributed by atoms with Crippen molar-refractivity contribution in [2.75, 3.05) is 12.4 Å². The van der Waals surface area contributed by atoms with Gasteiger partial charge in [0.05, 0.1) is 6.42 Å². The van der Waals surface area contributed by atoms with Gasteiger partial charge in [-0.25, -0.2) is 5.48 Å². The van der Waals surface area contributed by atoms with Crippen LogP contribution in [0.2, 0.25) is 5.02 Å². The van der Waals surface area contributed by atoms with Gasteiger partial charge >= 0.3 is 6.18 Å². The van der Waals surface area contributed by atoms with E-state index in [0.717, 1.165) is 18.9 Å². The van der Waals surface area contributed by atoms with Crippen LogP contribution in [0.5, 0.6) is 0 Å². The van der Waals surface area contributed by atoms with Crippen molar-refractivity contribution in [2.45, 2.75) is 30.9 Å². The van der Waals surface area contributed by atoms with E-state index in [1.54, 1.807) is 0 Å². The Balaban J connectivity index is 2.70. The van der Waals surface area contributed by atoms with Crippen molar-refractivity contribution < 1.29 is 23.2 Å². The summed E-state index contributed by atoms with van der Waals surface area (Å²) in [5.74, 6) is 3.60. The number of amides is 1. The molecule has 1 aliphatic rings. The van der Waals surface area contributed by atoms with Crippen LogP contribution in [0.25, 0.3) is 0 Å². The summed E-state index contributed by atoms with van der Waals surface area (Å²) in [6.45, 7) is 0. The lowest BCUT2D eigenvalue weighted by molar-refractivity contribution is -0.179. The molecule has 1 aliphatic carbocycles. The van der Waals surface area contributed by atoms with Crippen molar-refractivity contribution >= 4 is 23.2 Å². The zero-order valence-corrected chi connectivity index (χ0v) is 13.6. The monoisotopic (exact) mass is 360 g/mol. The lowest BCUT2D eigenvalue weighted by Crippen LogP contribution is -2.45. The van der Waals surface area contributed by atoms with Gasteiger partial charge in [0, 0.05) is 29.2 Å². The second-order valence-corrected chi connectivity index (χ2v) is 6.03. The molecule has 8 heteroatoms. The van der Waals surface area contributed by atoms with Gasteiger partial charge < -0.3 is 5.32 Å². The van der Waals surface area contributed by atoms with E-state index < -0.39 is 23.9 Å². The van der Waals surface area contributed by atoms with E-state index in [2.05, 4.69) is 17.2 Å². The Morgan fingerprint density at radius 2 is 2.08 bits per heavy atom. The van der Waals surface area contributed by atoms with Gasteiger partial charge in [0.25, 0.3) is 0 Å². The van der Waals surface area contributed by atoms with Gasteiger partial charge in [0.15, 0.2) is 5.41 Å². The maximum Gasteiger partial charge on any atom is 0.409 e. The first-order chi connectivity index (χ1) is 11.2. The molecule has 0 aliphatic heterocycles. The normalized spacial score (nSPS) is 16.6. The number of carbonyl (C=O) groups excluding carboxylic acids is 1. The molecule has 0 saturated heterocycles. The van der Waals surface area contributed by atoms with Crippen molar-refractivity contribution in [3.63, 3.8) is 0 Å². The molecule has 0 heterocycles. The fourth-order valence-corrected chi connectivity index (χ4v) is 2.52. The van der Waals surface area contributed by atoms with Crippen LogP contribution in [0, 0.1) is 17.8 Å². The zero-order chi connectivity index (χ0) is 18.0. The van der Waals surface area contributed by atoms with Crippen molar-refractivity contribution in [3.8, 4) is 11.8 Å². The summed E-state index contributed by atoms with van der Waals surface area (Å²) in [5, 5.41) is 11.5. The molecule has 4 nitrogen and oxygen atoms in total. The lowest BCUT2D eigenvalue weighted by Gasteiger charge is -2.32. The average molecular weight is 361 g/mol. The van der Waals surface area contributed by atoms with E-state index in [-0.39, 0.29) is 22.2 Å². The highest BCUT2D eigenvalue weighted by atomic mass is 35.5. The summed E-state index contributed by atoms with van der Waals surface area (Å²) in [7, 11) is 1.47.